The number of carbonyl (C=O) groups excluding carboxylic acids is 1. The second kappa shape index (κ2) is 8.30. The first-order valence-corrected chi connectivity index (χ1v) is 11.4. The van der Waals surface area contributed by atoms with Crippen LogP contribution in [0.25, 0.3) is 11.1 Å². The molecule has 0 bridgehead atoms. The number of hydrogen-bond acceptors (Lipinski definition) is 5. The molecule has 6 nitrogen and oxygen atoms in total. The summed E-state index contributed by atoms with van der Waals surface area (Å²) in [7, 11) is 0. The van der Waals surface area contributed by atoms with E-state index in [2.05, 4.69) is 21.3 Å². The first-order chi connectivity index (χ1) is 15.9. The number of allylic oxidation sites excluding steroid dienone is 1. The third kappa shape index (κ3) is 4.02. The Morgan fingerprint density at radius 1 is 1.30 bits per heavy atom. The second-order valence-electron chi connectivity index (χ2n) is 9.42. The van der Waals surface area contributed by atoms with E-state index in [0.717, 1.165) is 49.3 Å². The van der Waals surface area contributed by atoms with Crippen molar-refractivity contribution in [2.24, 2.45) is 5.92 Å². The topological polar surface area (TPSA) is 74.7 Å². The fourth-order valence-corrected chi connectivity index (χ4v) is 5.06. The van der Waals surface area contributed by atoms with Crippen molar-refractivity contribution in [1.29, 1.82) is 0 Å². The summed E-state index contributed by atoms with van der Waals surface area (Å²) in [6.07, 6.45) is 6.75. The van der Waals surface area contributed by atoms with Gasteiger partial charge in [0.05, 0.1) is 11.3 Å². The third-order valence-corrected chi connectivity index (χ3v) is 6.70. The van der Waals surface area contributed by atoms with E-state index >= 15 is 0 Å². The number of ether oxygens (including phenoxy) is 1. The van der Waals surface area contributed by atoms with E-state index < -0.39 is 11.4 Å². The highest BCUT2D eigenvalue weighted by Gasteiger charge is 2.38. The number of hydrogen-bond donors (Lipinski definition) is 2. The summed E-state index contributed by atoms with van der Waals surface area (Å²) >= 11 is 0. The Labute approximate surface area is 192 Å². The fraction of sp³-hybridized carbons (Fsp3) is 0.385. The van der Waals surface area contributed by atoms with Crippen LogP contribution < -0.4 is 10.2 Å². The zero-order valence-electron chi connectivity index (χ0n) is 18.9. The standard InChI is InChI=1S/C26H28FN3O3/c1-26(2)20(14-22(33-26)24-19-6-5-18(27)13-21(19)29-25(24)32)17-7-9-28-23(12-17)30-10-3-4-16(15-30)8-11-31/h5-7,9,12-14,16,31H,3-4,8,10-11,15H2,1-2H3,(H,29,32). The number of fused-ring (bicyclic) bond motifs is 1. The minimum atomic E-state index is -0.647. The van der Waals surface area contributed by atoms with Gasteiger partial charge in [0.2, 0.25) is 0 Å². The molecule has 1 saturated heterocycles. The molecule has 4 heterocycles. The Kier molecular flexibility index (Phi) is 5.44. The molecule has 3 aliphatic rings. The van der Waals surface area contributed by atoms with Crippen molar-refractivity contribution in [3.8, 4) is 0 Å². The minimum absolute atomic E-state index is 0.213. The monoisotopic (exact) mass is 449 g/mol. The molecule has 7 heteroatoms. The molecule has 2 N–H and O–H groups in total. The van der Waals surface area contributed by atoms with Crippen molar-refractivity contribution in [3.05, 3.63) is 65.3 Å². The molecule has 1 fully saturated rings. The van der Waals surface area contributed by atoms with Gasteiger partial charge in [0, 0.05) is 37.0 Å². The van der Waals surface area contributed by atoms with Crippen molar-refractivity contribution in [2.45, 2.75) is 38.7 Å². The highest BCUT2D eigenvalue weighted by molar-refractivity contribution is 6.32. The Morgan fingerprint density at radius 2 is 2.15 bits per heavy atom. The van der Waals surface area contributed by atoms with Crippen LogP contribution in [0.5, 0.6) is 0 Å². The number of pyridine rings is 1. The van der Waals surface area contributed by atoms with E-state index in [1.165, 1.54) is 12.1 Å². The maximum atomic E-state index is 13.6. The van der Waals surface area contributed by atoms with Gasteiger partial charge in [0.15, 0.2) is 0 Å². The average molecular weight is 450 g/mol. The Balaban J connectivity index is 1.50. The number of aliphatic hydroxyl groups is 1. The van der Waals surface area contributed by atoms with Crippen LogP contribution in [0, 0.1) is 11.7 Å². The molecule has 172 valence electrons. The summed E-state index contributed by atoms with van der Waals surface area (Å²) in [6, 6.07) is 8.31. The van der Waals surface area contributed by atoms with Crippen LogP contribution in [0.2, 0.25) is 0 Å². The highest BCUT2D eigenvalue weighted by atomic mass is 19.1. The highest BCUT2D eigenvalue weighted by Crippen LogP contribution is 2.44. The number of aliphatic hydroxyl groups excluding tert-OH is 1. The van der Waals surface area contributed by atoms with E-state index in [1.54, 1.807) is 6.07 Å². The van der Waals surface area contributed by atoms with Gasteiger partial charge in [-0.15, -0.1) is 0 Å². The first kappa shape index (κ1) is 21.6. The maximum Gasteiger partial charge on any atom is 0.260 e. The zero-order valence-corrected chi connectivity index (χ0v) is 18.9. The van der Waals surface area contributed by atoms with Crippen molar-refractivity contribution >= 4 is 28.6 Å². The molecule has 2 aromatic rings. The molecule has 1 atom stereocenters. The average Bonchev–Trinajstić information content (AvgIpc) is 3.28. The van der Waals surface area contributed by atoms with Gasteiger partial charge in [0.25, 0.3) is 5.91 Å². The van der Waals surface area contributed by atoms with Gasteiger partial charge in [-0.25, -0.2) is 9.37 Å². The van der Waals surface area contributed by atoms with Crippen LogP contribution in [0.15, 0.2) is 48.4 Å². The van der Waals surface area contributed by atoms with Gasteiger partial charge in [-0.2, -0.15) is 0 Å². The van der Waals surface area contributed by atoms with Crippen LogP contribution in [-0.4, -0.2) is 41.3 Å². The number of amides is 1. The summed E-state index contributed by atoms with van der Waals surface area (Å²) in [5.74, 6) is 1.18. The van der Waals surface area contributed by atoms with Crippen LogP contribution in [0.4, 0.5) is 15.9 Å². The lowest BCUT2D eigenvalue weighted by atomic mass is 9.92. The number of piperidine rings is 1. The summed E-state index contributed by atoms with van der Waals surface area (Å²) < 4.78 is 19.9. The number of nitrogens with one attached hydrogen (secondary N) is 1. The molecular formula is C26H28FN3O3. The predicted molar refractivity (Wildman–Crippen MR) is 126 cm³/mol. The van der Waals surface area contributed by atoms with Crippen molar-refractivity contribution in [2.75, 3.05) is 29.9 Å². The van der Waals surface area contributed by atoms with Gasteiger partial charge >= 0.3 is 0 Å². The first-order valence-electron chi connectivity index (χ1n) is 11.4. The summed E-state index contributed by atoms with van der Waals surface area (Å²) in [5.41, 5.74) is 2.82. The number of benzene rings is 1. The molecule has 0 aliphatic carbocycles. The molecular weight excluding hydrogens is 421 g/mol. The lowest BCUT2D eigenvalue weighted by molar-refractivity contribution is -0.111. The van der Waals surface area contributed by atoms with E-state index in [9.17, 15) is 14.3 Å². The molecule has 0 radical (unpaired) electrons. The van der Waals surface area contributed by atoms with Gasteiger partial charge in [0.1, 0.15) is 23.0 Å². The fourth-order valence-electron chi connectivity index (χ4n) is 5.06. The summed E-state index contributed by atoms with van der Waals surface area (Å²) in [6.45, 7) is 6.00. The number of halogens is 1. The smallest absolute Gasteiger partial charge is 0.260 e. The molecule has 1 unspecified atom stereocenters. The van der Waals surface area contributed by atoms with Crippen LogP contribution in [0.1, 0.15) is 44.2 Å². The molecule has 1 amide bonds. The number of carbonyl (C=O) groups is 1. The van der Waals surface area contributed by atoms with Gasteiger partial charge in [-0.05, 0) is 81.0 Å². The Bertz CT molecular complexity index is 1170. The van der Waals surface area contributed by atoms with E-state index in [0.29, 0.717) is 28.5 Å². The van der Waals surface area contributed by atoms with Crippen molar-refractivity contribution in [3.63, 3.8) is 0 Å². The van der Waals surface area contributed by atoms with Gasteiger partial charge in [-0.3, -0.25) is 4.79 Å². The van der Waals surface area contributed by atoms with Crippen LogP contribution in [-0.2, 0) is 9.53 Å². The van der Waals surface area contributed by atoms with E-state index in [4.69, 9.17) is 4.74 Å². The van der Waals surface area contributed by atoms with Crippen molar-refractivity contribution < 1.29 is 19.0 Å². The molecule has 5 rings (SSSR count). The lowest BCUT2D eigenvalue weighted by Crippen LogP contribution is -2.36. The van der Waals surface area contributed by atoms with Crippen molar-refractivity contribution in [1.82, 2.24) is 4.98 Å². The molecule has 0 spiro atoms. The van der Waals surface area contributed by atoms with Gasteiger partial charge in [-0.1, -0.05) is 0 Å². The van der Waals surface area contributed by atoms with Crippen LogP contribution >= 0.6 is 0 Å². The zero-order chi connectivity index (χ0) is 23.2. The SMILES string of the molecule is CC1(C)OC(=C2C(=O)Nc3cc(F)ccc32)C=C1c1ccnc(N2CCCC(CCO)C2)c1. The molecule has 1 aromatic heterocycles. The minimum Gasteiger partial charge on any atom is -0.482 e. The maximum absolute atomic E-state index is 13.6. The van der Waals surface area contributed by atoms with E-state index in [-0.39, 0.29) is 12.5 Å². The largest absolute Gasteiger partial charge is 0.482 e. The number of nitrogens with zero attached hydrogens (tertiary/aromatic N) is 2. The van der Waals surface area contributed by atoms with Crippen LogP contribution in [0.3, 0.4) is 0 Å². The normalized spacial score (nSPS) is 23.8. The predicted octanol–water partition coefficient (Wildman–Crippen LogP) is 4.38. The number of aromatic nitrogens is 1. The summed E-state index contributed by atoms with van der Waals surface area (Å²) in [5, 5.41) is 12.1. The summed E-state index contributed by atoms with van der Waals surface area (Å²) in [4.78, 5) is 19.6. The lowest BCUT2D eigenvalue weighted by Gasteiger charge is -2.33. The molecule has 1 aromatic carbocycles. The van der Waals surface area contributed by atoms with E-state index in [1.807, 2.05) is 32.2 Å². The molecule has 33 heavy (non-hydrogen) atoms. The number of anilines is 2. The molecule has 3 aliphatic heterocycles. The molecule has 0 saturated carbocycles. The number of rotatable bonds is 4. The Hall–Kier alpha value is -3.19. The quantitative estimate of drug-likeness (QED) is 0.678. The van der Waals surface area contributed by atoms with Gasteiger partial charge < -0.3 is 20.1 Å². The second-order valence-corrected chi connectivity index (χ2v) is 9.42. The third-order valence-electron chi connectivity index (χ3n) is 6.70. The Morgan fingerprint density at radius 3 is 2.97 bits per heavy atom.